The van der Waals surface area contributed by atoms with Gasteiger partial charge < -0.3 is 10.6 Å². The summed E-state index contributed by atoms with van der Waals surface area (Å²) in [5, 5.41) is 9.66. The lowest BCUT2D eigenvalue weighted by atomic mass is 10.2. The van der Waals surface area contributed by atoms with Crippen LogP contribution in [0, 0.1) is 5.82 Å². The Bertz CT molecular complexity index is 1200. The van der Waals surface area contributed by atoms with Crippen molar-refractivity contribution in [3.05, 3.63) is 65.1 Å². The van der Waals surface area contributed by atoms with Crippen molar-refractivity contribution in [3.8, 4) is 0 Å². The number of aromatic nitrogens is 2. The maximum Gasteiger partial charge on any atom is 0.417 e. The number of primary sulfonamides is 1. The van der Waals surface area contributed by atoms with E-state index in [1.807, 2.05) is 0 Å². The zero-order valence-corrected chi connectivity index (χ0v) is 16.3. The van der Waals surface area contributed by atoms with Crippen molar-refractivity contribution in [1.29, 1.82) is 0 Å². The summed E-state index contributed by atoms with van der Waals surface area (Å²) in [7, 11) is -3.95. The summed E-state index contributed by atoms with van der Waals surface area (Å²) in [4.78, 5) is 7.41. The van der Waals surface area contributed by atoms with Crippen molar-refractivity contribution in [2.45, 2.75) is 11.1 Å². The van der Waals surface area contributed by atoms with Gasteiger partial charge in [-0.1, -0.05) is 17.7 Å². The van der Waals surface area contributed by atoms with Gasteiger partial charge in [-0.25, -0.2) is 22.9 Å². The highest BCUT2D eigenvalue weighted by molar-refractivity contribution is 7.89. The number of nitrogens with two attached hydrogens (primary N) is 1. The molecule has 0 unspecified atom stereocenters. The maximum absolute atomic E-state index is 14.1. The van der Waals surface area contributed by atoms with Crippen LogP contribution in [0.3, 0.4) is 0 Å². The Morgan fingerprint density at radius 1 is 1.03 bits per heavy atom. The molecule has 0 amide bonds. The minimum absolute atomic E-state index is 0.105. The number of rotatable bonds is 5. The minimum Gasteiger partial charge on any atom is -0.338 e. The van der Waals surface area contributed by atoms with E-state index in [-0.39, 0.29) is 22.2 Å². The molecule has 0 saturated carbocycles. The number of anilines is 4. The number of hydrogen-bond acceptors (Lipinski definition) is 6. The fourth-order valence-corrected chi connectivity index (χ4v) is 3.14. The van der Waals surface area contributed by atoms with Crippen LogP contribution in [0.15, 0.2) is 53.6 Å². The minimum atomic E-state index is -4.69. The van der Waals surface area contributed by atoms with Crippen molar-refractivity contribution in [2.24, 2.45) is 5.14 Å². The van der Waals surface area contributed by atoms with Gasteiger partial charge in [0, 0.05) is 11.4 Å². The molecule has 1 heterocycles. The number of nitrogens with zero attached hydrogens (tertiary/aromatic N) is 2. The van der Waals surface area contributed by atoms with Gasteiger partial charge in [-0.3, -0.25) is 0 Å². The molecule has 30 heavy (non-hydrogen) atoms. The molecule has 7 nitrogen and oxygen atoms in total. The maximum atomic E-state index is 14.1. The third kappa shape index (κ3) is 5.14. The Hall–Kier alpha value is -2.96. The fraction of sp³-hybridized carbons (Fsp3) is 0.0588. The topological polar surface area (TPSA) is 110 Å². The van der Waals surface area contributed by atoms with Gasteiger partial charge in [0.05, 0.1) is 21.7 Å². The van der Waals surface area contributed by atoms with Crippen molar-refractivity contribution in [3.63, 3.8) is 0 Å². The second-order valence-corrected chi connectivity index (χ2v) is 7.87. The highest BCUT2D eigenvalue weighted by atomic mass is 35.5. The van der Waals surface area contributed by atoms with E-state index in [4.69, 9.17) is 16.7 Å². The van der Waals surface area contributed by atoms with Crippen LogP contribution in [-0.4, -0.2) is 18.4 Å². The monoisotopic (exact) mass is 461 g/mol. The Morgan fingerprint density at radius 3 is 2.40 bits per heavy atom. The second-order valence-electron chi connectivity index (χ2n) is 5.91. The summed E-state index contributed by atoms with van der Waals surface area (Å²) in [5.41, 5.74) is -0.960. The number of halogens is 5. The lowest BCUT2D eigenvalue weighted by Crippen LogP contribution is -2.12. The molecule has 0 saturated heterocycles. The van der Waals surface area contributed by atoms with Gasteiger partial charge in [0.2, 0.25) is 16.0 Å². The van der Waals surface area contributed by atoms with E-state index < -0.39 is 38.4 Å². The second kappa shape index (κ2) is 8.05. The van der Waals surface area contributed by atoms with Gasteiger partial charge in [-0.05, 0) is 36.4 Å². The van der Waals surface area contributed by atoms with Crippen LogP contribution < -0.4 is 15.8 Å². The average molecular weight is 462 g/mol. The van der Waals surface area contributed by atoms with E-state index in [9.17, 15) is 26.0 Å². The lowest BCUT2D eigenvalue weighted by molar-refractivity contribution is -0.137. The van der Waals surface area contributed by atoms with E-state index in [1.165, 1.54) is 30.3 Å². The summed E-state index contributed by atoms with van der Waals surface area (Å²) >= 11 is 5.57. The first-order valence-electron chi connectivity index (χ1n) is 8.00. The third-order valence-electron chi connectivity index (χ3n) is 3.70. The van der Waals surface area contributed by atoms with Crippen molar-refractivity contribution in [2.75, 3.05) is 10.6 Å². The van der Waals surface area contributed by atoms with Gasteiger partial charge in [0.1, 0.15) is 0 Å². The number of nitrogens with one attached hydrogen (secondary N) is 2. The van der Waals surface area contributed by atoms with Crippen molar-refractivity contribution < 1.29 is 26.0 Å². The van der Waals surface area contributed by atoms with Crippen LogP contribution in [0.25, 0.3) is 0 Å². The Labute approximate surface area is 173 Å². The highest BCUT2D eigenvalue weighted by Crippen LogP contribution is 2.36. The highest BCUT2D eigenvalue weighted by Gasteiger charge is 2.33. The van der Waals surface area contributed by atoms with Crippen LogP contribution in [0.4, 0.5) is 40.7 Å². The fourth-order valence-electron chi connectivity index (χ4n) is 2.35. The van der Waals surface area contributed by atoms with Crippen LogP contribution in [0.2, 0.25) is 5.02 Å². The van der Waals surface area contributed by atoms with E-state index in [2.05, 4.69) is 20.6 Å². The number of sulfonamides is 1. The number of alkyl halides is 3. The third-order valence-corrected chi connectivity index (χ3v) is 4.94. The first-order chi connectivity index (χ1) is 13.9. The van der Waals surface area contributed by atoms with Crippen LogP contribution in [0.5, 0.6) is 0 Å². The molecule has 158 valence electrons. The Morgan fingerprint density at radius 2 is 1.73 bits per heavy atom. The predicted molar refractivity (Wildman–Crippen MR) is 103 cm³/mol. The Balaban J connectivity index is 1.88. The summed E-state index contributed by atoms with van der Waals surface area (Å²) < 4.78 is 75.9. The van der Waals surface area contributed by atoms with Crippen molar-refractivity contribution in [1.82, 2.24) is 9.97 Å². The number of benzene rings is 2. The standard InChI is InChI=1S/C17H12ClF4N5O2S/c18-13-5-4-10(7-12(13)17(20,21)22)25-15-14(19)8-24-16(27-15)26-9-2-1-3-11(6-9)30(23,28)29/h1-8H,(H2,23,28,29)(H2,24,25,26,27). The molecule has 0 aliphatic heterocycles. The quantitative estimate of drug-likeness (QED) is 0.485. The molecular weight excluding hydrogens is 450 g/mol. The summed E-state index contributed by atoms with van der Waals surface area (Å²) in [6.45, 7) is 0. The van der Waals surface area contributed by atoms with E-state index in [0.29, 0.717) is 6.07 Å². The van der Waals surface area contributed by atoms with Gasteiger partial charge in [-0.2, -0.15) is 18.2 Å². The zero-order valence-electron chi connectivity index (χ0n) is 14.7. The van der Waals surface area contributed by atoms with Crippen LogP contribution in [-0.2, 0) is 16.2 Å². The van der Waals surface area contributed by atoms with Gasteiger partial charge in [0.15, 0.2) is 11.6 Å². The summed E-state index contributed by atoms with van der Waals surface area (Å²) in [6, 6.07) is 8.35. The molecule has 13 heteroatoms. The first kappa shape index (κ1) is 21.7. The lowest BCUT2D eigenvalue weighted by Gasteiger charge is -2.13. The van der Waals surface area contributed by atoms with Crippen molar-refractivity contribution >= 4 is 44.8 Å². The zero-order chi connectivity index (χ0) is 22.1. The molecule has 0 radical (unpaired) electrons. The molecule has 4 N–H and O–H groups in total. The molecule has 0 aliphatic carbocycles. The largest absolute Gasteiger partial charge is 0.417 e. The predicted octanol–water partition coefficient (Wildman–Crippen LogP) is 4.42. The molecule has 3 aromatic rings. The molecule has 2 aromatic carbocycles. The molecule has 0 aliphatic rings. The van der Waals surface area contributed by atoms with Gasteiger partial charge in [-0.15, -0.1) is 0 Å². The molecule has 0 bridgehead atoms. The molecule has 3 rings (SSSR count). The van der Waals surface area contributed by atoms with Gasteiger partial charge >= 0.3 is 6.18 Å². The SMILES string of the molecule is NS(=O)(=O)c1cccc(Nc2ncc(F)c(Nc3ccc(Cl)c(C(F)(F)F)c3)n2)c1. The average Bonchev–Trinajstić information content (AvgIpc) is 2.64. The van der Waals surface area contributed by atoms with Crippen LogP contribution >= 0.6 is 11.6 Å². The first-order valence-corrected chi connectivity index (χ1v) is 9.92. The molecule has 0 spiro atoms. The smallest absolute Gasteiger partial charge is 0.338 e. The molecule has 0 atom stereocenters. The Kier molecular flexibility index (Phi) is 5.83. The van der Waals surface area contributed by atoms with E-state index >= 15 is 0 Å². The summed E-state index contributed by atoms with van der Waals surface area (Å²) in [5.74, 6) is -1.48. The summed E-state index contributed by atoms with van der Waals surface area (Å²) in [6.07, 6.45) is -3.90. The normalized spacial score (nSPS) is 11.9. The van der Waals surface area contributed by atoms with E-state index in [0.717, 1.165) is 12.3 Å². The molecule has 1 aromatic heterocycles. The van der Waals surface area contributed by atoms with Crippen LogP contribution in [0.1, 0.15) is 5.56 Å². The van der Waals surface area contributed by atoms with Gasteiger partial charge in [0.25, 0.3) is 0 Å². The number of hydrogen-bond donors (Lipinski definition) is 3. The molecule has 0 fully saturated rings. The molecular formula is C17H12ClF4N5O2S. The van der Waals surface area contributed by atoms with E-state index in [1.54, 1.807) is 0 Å².